The molecule has 0 nitrogen and oxygen atoms in total. The minimum atomic E-state index is -2.53. The third-order valence-corrected chi connectivity index (χ3v) is 0. The highest BCUT2D eigenvalue weighted by atomic mass is 127. The quantitative estimate of drug-likeness (QED) is 0.408. The van der Waals surface area contributed by atoms with E-state index in [1.807, 2.05) is 0 Å². The highest BCUT2D eigenvalue weighted by Crippen LogP contribution is 1.86. The molecule has 0 atom stereocenters. The second-order valence-electron chi connectivity index (χ2n) is 0.143. The molecule has 40 valence electrons. The fourth-order valence-corrected chi connectivity index (χ4v) is 0. The molecule has 0 N–H and O–H groups in total. The molecule has 0 saturated heterocycles. The molecule has 0 heterocycles. The lowest BCUT2D eigenvalue weighted by Crippen LogP contribution is -1.26. The topological polar surface area (TPSA) is 0 Å². The van der Waals surface area contributed by atoms with Crippen LogP contribution in [-0.4, -0.2) is 7.02 Å². The summed E-state index contributed by atoms with van der Waals surface area (Å²) in [6.07, 6.45) is 0. The Hall–Kier alpha value is 2.12. The first-order valence-corrected chi connectivity index (χ1v) is 3.99. The van der Waals surface area contributed by atoms with Crippen LogP contribution in [-0.2, 0) is 0 Å². The molecule has 0 aromatic rings. The van der Waals surface area contributed by atoms with Crippen molar-refractivity contribution < 1.29 is 9.87 Å². The predicted molar refractivity (Wildman–Crippen MR) is 52.9 cm³/mol. The Morgan fingerprint density at radius 2 is 1.50 bits per heavy atom. The van der Waals surface area contributed by atoms with E-state index < -0.39 is 7.02 Å². The van der Waals surface area contributed by atoms with Crippen molar-refractivity contribution in [2.24, 2.45) is 0 Å². The van der Waals surface area contributed by atoms with Crippen LogP contribution in [0.5, 0.6) is 0 Å². The van der Waals surface area contributed by atoms with Crippen LogP contribution < -0.4 is 0 Å². The van der Waals surface area contributed by atoms with Gasteiger partial charge in [-0.2, -0.15) is 0 Å². The van der Waals surface area contributed by atoms with E-state index in [0.717, 1.165) is 22.6 Å². The zero-order valence-corrected chi connectivity index (χ0v) is 8.98. The maximum atomic E-state index is 11.0. The van der Waals surface area contributed by atoms with Gasteiger partial charge in [0.2, 0.25) is 0 Å². The molecule has 0 rings (SSSR count). The zero-order chi connectivity index (χ0) is 9.00. The van der Waals surface area contributed by atoms with Crippen molar-refractivity contribution in [1.29, 1.82) is 0 Å². The third kappa shape index (κ3) is 35.7. The van der Waals surface area contributed by atoms with Gasteiger partial charge < -0.3 is 0 Å². The number of halogens is 4. The van der Waals surface area contributed by atoms with E-state index in [1.165, 1.54) is 0 Å². The highest BCUT2D eigenvalue weighted by Gasteiger charge is 1.42. The molecule has 0 aromatic carbocycles. The van der Waals surface area contributed by atoms with Crippen LogP contribution in [0.2, 0.25) is 0 Å². The molecule has 0 saturated carbocycles. The molecular formula is C2H4FI3. The second kappa shape index (κ2) is 15.7. The van der Waals surface area contributed by atoms with Crippen LogP contribution in [0.25, 0.3) is 0 Å². The third-order valence-electron chi connectivity index (χ3n) is 0. The van der Waals surface area contributed by atoms with Crippen molar-refractivity contribution in [3.05, 3.63) is 0 Å². The fraction of sp³-hybridized carbons (Fsp3) is 1.00. The smallest absolute Gasteiger partial charge is 0.140 e. The van der Waals surface area contributed by atoms with Gasteiger partial charge in [0.25, 0.3) is 0 Å². The van der Waals surface area contributed by atoms with Gasteiger partial charge in [-0.25, -0.2) is 4.39 Å². The first-order valence-electron chi connectivity index (χ1n) is 2.76. The van der Waals surface area contributed by atoms with E-state index in [-0.39, 0.29) is 0 Å². The molecule has 4 heteroatoms. The summed E-state index contributed by atoms with van der Waals surface area (Å²) in [5.74, 6) is 0. The Kier molecular flexibility index (Phi) is 10.5. The molecule has 0 spiro atoms. The Morgan fingerprint density at radius 3 is 1.50 bits per heavy atom. The molecule has 0 bridgehead atoms. The highest BCUT2D eigenvalue weighted by molar-refractivity contribution is 14.2. The van der Waals surface area contributed by atoms with E-state index in [2.05, 4.69) is 0 Å². The minimum absolute atomic E-state index is 1.04. The standard InChI is InChI=1S/CH2FI.CH2I2/c2*2-1-3/h2*1H2/i2*1D2. The molecule has 0 amide bonds. The maximum absolute atomic E-state index is 11.0. The Balaban J connectivity index is 0. The average Bonchev–Trinajstić information content (AvgIpc) is 1.12. The summed E-state index contributed by atoms with van der Waals surface area (Å²) in [5, 5.41) is 0. The number of rotatable bonds is 0. The lowest BCUT2D eigenvalue weighted by Gasteiger charge is -1.43. The summed E-state index contributed by atoms with van der Waals surface area (Å²) >= 11 is 4.44. The number of hydrogen-bond acceptors (Lipinski definition) is 0. The first kappa shape index (κ1) is 4.02. The fourth-order valence-electron chi connectivity index (χ4n) is 0. The summed E-state index contributed by atoms with van der Waals surface area (Å²) in [5.41, 5.74) is 0. The Labute approximate surface area is 83.7 Å². The SMILES string of the molecule is [2H]C([2H])(F)I.[2H]C([2H])(I)I. The van der Waals surface area contributed by atoms with E-state index in [4.69, 9.17) is 5.48 Å². The summed E-state index contributed by atoms with van der Waals surface area (Å²) in [6.45, 7) is 0. The van der Waals surface area contributed by atoms with Gasteiger partial charge >= 0.3 is 0 Å². The molecule has 0 aliphatic carbocycles. The van der Waals surface area contributed by atoms with Crippen molar-refractivity contribution >= 4 is 67.8 Å². The summed E-state index contributed by atoms with van der Waals surface area (Å²) in [7, 11) is 0. The van der Waals surface area contributed by atoms with Crippen LogP contribution >= 0.6 is 67.8 Å². The zero-order valence-electron chi connectivity index (χ0n) is 6.51. The molecule has 0 aromatic heterocycles. The van der Waals surface area contributed by atoms with Crippen molar-refractivity contribution in [3.63, 3.8) is 0 Å². The largest absolute Gasteiger partial charge is 0.240 e. The van der Waals surface area contributed by atoms with Gasteiger partial charge in [0.1, 0.15) is 4.63 Å². The van der Waals surface area contributed by atoms with Crippen LogP contribution in [0.4, 0.5) is 4.39 Å². The number of alkyl halides is 4. The summed E-state index contributed by atoms with van der Waals surface area (Å²) in [6, 6.07) is 0. The molecule has 0 fully saturated rings. The first-order chi connectivity index (χ1) is 4.00. The van der Waals surface area contributed by atoms with Crippen LogP contribution in [0.1, 0.15) is 5.48 Å². The molecular weight excluding hydrogens is 424 g/mol. The lowest BCUT2D eigenvalue weighted by molar-refractivity contribution is 0.622. The van der Waals surface area contributed by atoms with Gasteiger partial charge in [0.15, 0.2) is 0 Å². The van der Waals surface area contributed by atoms with Gasteiger partial charge in [-0.15, -0.1) is 0 Å². The average molecular weight is 432 g/mol. The maximum Gasteiger partial charge on any atom is 0.140 e. The predicted octanol–water partition coefficient (Wildman–Crippen LogP) is 3.16. The van der Waals surface area contributed by atoms with E-state index in [9.17, 15) is 4.39 Å². The van der Waals surface area contributed by atoms with Crippen LogP contribution in [0.15, 0.2) is 0 Å². The minimum Gasteiger partial charge on any atom is -0.240 e. The van der Waals surface area contributed by atoms with E-state index in [0.29, 0.717) is 0 Å². The number of hydrogen-bond donors (Lipinski definition) is 0. The van der Waals surface area contributed by atoms with Gasteiger partial charge in [-0.05, 0) is 22.6 Å². The summed E-state index contributed by atoms with van der Waals surface area (Å²) in [4.78, 5) is 0. The molecule has 0 radical (unpaired) electrons. The van der Waals surface area contributed by atoms with Crippen LogP contribution in [0.3, 0.4) is 0 Å². The summed E-state index contributed by atoms with van der Waals surface area (Å²) < 4.78 is 32.4. The lowest BCUT2D eigenvalue weighted by atomic mass is 11.9. The van der Waals surface area contributed by atoms with Crippen molar-refractivity contribution in [2.75, 3.05) is 7.02 Å². The van der Waals surface area contributed by atoms with Gasteiger partial charge in [-0.1, -0.05) is 45.2 Å². The Bertz CT molecular complexity index is 61.5. The van der Waals surface area contributed by atoms with Crippen molar-refractivity contribution in [2.45, 2.75) is 0 Å². The van der Waals surface area contributed by atoms with Gasteiger partial charge in [0, 0.05) is 2.74 Å². The van der Waals surface area contributed by atoms with Crippen molar-refractivity contribution in [3.8, 4) is 0 Å². The normalized spacial score (nSPS) is 20.7. The molecule has 0 aliphatic heterocycles. The van der Waals surface area contributed by atoms with Gasteiger partial charge in [0.05, 0.1) is 5.13 Å². The molecule has 6 heavy (non-hydrogen) atoms. The van der Waals surface area contributed by atoms with Gasteiger partial charge in [-0.3, -0.25) is 0 Å². The Morgan fingerprint density at radius 1 is 1.50 bits per heavy atom. The van der Waals surface area contributed by atoms with E-state index in [1.54, 1.807) is 45.2 Å². The van der Waals surface area contributed by atoms with E-state index >= 15 is 0 Å². The van der Waals surface area contributed by atoms with Crippen LogP contribution in [0, 0.1) is 0 Å². The molecule has 0 unspecified atom stereocenters. The van der Waals surface area contributed by atoms with Crippen molar-refractivity contribution in [1.82, 2.24) is 0 Å². The second-order valence-corrected chi connectivity index (χ2v) is 3.69. The molecule has 0 aliphatic rings. The monoisotopic (exact) mass is 432 g/mol.